The Morgan fingerprint density at radius 1 is 1.33 bits per heavy atom. The lowest BCUT2D eigenvalue weighted by atomic mass is 9.51. The molecule has 3 aliphatic rings. The van der Waals surface area contributed by atoms with E-state index in [1.807, 2.05) is 0 Å². The molecule has 0 amide bonds. The van der Waals surface area contributed by atoms with E-state index in [9.17, 15) is 9.90 Å². The Kier molecular flexibility index (Phi) is 1.04. The Balaban J connectivity index is 2.10. The molecule has 3 fully saturated rings. The zero-order chi connectivity index (χ0) is 8.40. The van der Waals surface area contributed by atoms with Crippen LogP contribution in [0.1, 0.15) is 38.5 Å². The van der Waals surface area contributed by atoms with Crippen LogP contribution < -0.4 is 0 Å². The standard InChI is InChI=1S/C10H14O2/c11-7-2-5-9-3-1-4-10(7,9)6-8(9)12/h8,12H,1-6H2. The topological polar surface area (TPSA) is 37.3 Å². The third-order valence-electron chi connectivity index (χ3n) is 4.69. The smallest absolute Gasteiger partial charge is 0.139 e. The van der Waals surface area contributed by atoms with Gasteiger partial charge in [0.05, 0.1) is 6.10 Å². The molecule has 2 heteroatoms. The van der Waals surface area contributed by atoms with E-state index in [-0.39, 0.29) is 16.9 Å². The number of hydrogen-bond donors (Lipinski definition) is 1. The minimum absolute atomic E-state index is 0.0353. The predicted molar refractivity (Wildman–Crippen MR) is 43.6 cm³/mol. The molecule has 0 aromatic heterocycles. The molecule has 2 nitrogen and oxygen atoms in total. The maximum atomic E-state index is 11.7. The first-order chi connectivity index (χ1) is 5.71. The molecule has 0 radical (unpaired) electrons. The molecule has 0 bridgehead atoms. The van der Waals surface area contributed by atoms with Gasteiger partial charge in [0.15, 0.2) is 0 Å². The number of Topliss-reactive ketones (excluding diaryl/α,β-unsaturated/α-hetero) is 1. The highest BCUT2D eigenvalue weighted by Crippen LogP contribution is 2.72. The maximum Gasteiger partial charge on any atom is 0.139 e. The van der Waals surface area contributed by atoms with Crippen molar-refractivity contribution < 1.29 is 9.90 Å². The molecule has 3 atom stereocenters. The maximum absolute atomic E-state index is 11.7. The Labute approximate surface area is 72.0 Å². The van der Waals surface area contributed by atoms with Gasteiger partial charge in [0.25, 0.3) is 0 Å². The quantitative estimate of drug-likeness (QED) is 0.588. The van der Waals surface area contributed by atoms with Gasteiger partial charge in [0.2, 0.25) is 0 Å². The monoisotopic (exact) mass is 166 g/mol. The van der Waals surface area contributed by atoms with Crippen molar-refractivity contribution in [3.05, 3.63) is 0 Å². The molecule has 3 saturated carbocycles. The summed E-state index contributed by atoms with van der Waals surface area (Å²) in [6, 6.07) is 0. The molecule has 0 aliphatic heterocycles. The number of aliphatic hydroxyl groups is 1. The van der Waals surface area contributed by atoms with E-state index in [1.54, 1.807) is 0 Å². The lowest BCUT2D eigenvalue weighted by molar-refractivity contribution is -0.167. The number of carbonyl (C=O) groups is 1. The fourth-order valence-electron chi connectivity index (χ4n) is 4.02. The number of hydrogen-bond acceptors (Lipinski definition) is 2. The second-order valence-electron chi connectivity index (χ2n) is 4.73. The Morgan fingerprint density at radius 3 is 2.83 bits per heavy atom. The first-order valence-corrected chi connectivity index (χ1v) is 4.93. The second kappa shape index (κ2) is 1.77. The molecule has 0 spiro atoms. The zero-order valence-corrected chi connectivity index (χ0v) is 7.18. The lowest BCUT2D eigenvalue weighted by Crippen LogP contribution is -2.57. The molecule has 0 saturated heterocycles. The van der Waals surface area contributed by atoms with Crippen molar-refractivity contribution in [3.8, 4) is 0 Å². The Hall–Kier alpha value is -0.370. The highest BCUT2D eigenvalue weighted by atomic mass is 16.3. The van der Waals surface area contributed by atoms with Crippen molar-refractivity contribution >= 4 is 5.78 Å². The Bertz CT molecular complexity index is 261. The van der Waals surface area contributed by atoms with Crippen LogP contribution in [0, 0.1) is 10.8 Å². The van der Waals surface area contributed by atoms with E-state index in [4.69, 9.17) is 0 Å². The van der Waals surface area contributed by atoms with E-state index in [0.717, 1.165) is 38.5 Å². The van der Waals surface area contributed by atoms with Crippen LogP contribution in [0.3, 0.4) is 0 Å². The SMILES string of the molecule is O=C1CCC23CCCC12CC3O. The summed E-state index contributed by atoms with van der Waals surface area (Å²) in [5.74, 6) is 0.449. The van der Waals surface area contributed by atoms with Gasteiger partial charge in [0.1, 0.15) is 5.78 Å². The van der Waals surface area contributed by atoms with Crippen LogP contribution in [0.15, 0.2) is 0 Å². The van der Waals surface area contributed by atoms with Crippen molar-refractivity contribution in [2.45, 2.75) is 44.6 Å². The van der Waals surface area contributed by atoms with E-state index in [0.29, 0.717) is 5.78 Å². The minimum atomic E-state index is -0.161. The predicted octanol–water partition coefficient (Wildman–Crippen LogP) is 1.27. The molecular formula is C10H14O2. The Morgan fingerprint density at radius 2 is 2.17 bits per heavy atom. The molecule has 3 aliphatic carbocycles. The van der Waals surface area contributed by atoms with Gasteiger partial charge in [-0.1, -0.05) is 6.42 Å². The van der Waals surface area contributed by atoms with Gasteiger partial charge in [-0.05, 0) is 25.7 Å². The molecular weight excluding hydrogens is 152 g/mol. The van der Waals surface area contributed by atoms with Crippen molar-refractivity contribution in [1.82, 2.24) is 0 Å². The normalized spacial score (nSPS) is 56.4. The van der Waals surface area contributed by atoms with E-state index < -0.39 is 0 Å². The molecule has 12 heavy (non-hydrogen) atoms. The summed E-state index contributed by atoms with van der Waals surface area (Å²) >= 11 is 0. The average Bonchev–Trinajstić information content (AvgIpc) is 2.42. The molecule has 66 valence electrons. The van der Waals surface area contributed by atoms with Crippen molar-refractivity contribution in [1.29, 1.82) is 0 Å². The molecule has 3 rings (SSSR count). The highest BCUT2D eigenvalue weighted by molar-refractivity contribution is 5.90. The second-order valence-corrected chi connectivity index (χ2v) is 4.73. The lowest BCUT2D eigenvalue weighted by Gasteiger charge is -2.54. The molecule has 0 aromatic rings. The van der Waals surface area contributed by atoms with E-state index in [1.165, 1.54) is 0 Å². The van der Waals surface area contributed by atoms with Crippen LogP contribution in [0.5, 0.6) is 0 Å². The fraction of sp³-hybridized carbons (Fsp3) is 0.900. The van der Waals surface area contributed by atoms with Crippen LogP contribution >= 0.6 is 0 Å². The largest absolute Gasteiger partial charge is 0.392 e. The van der Waals surface area contributed by atoms with Crippen molar-refractivity contribution in [3.63, 3.8) is 0 Å². The van der Waals surface area contributed by atoms with Crippen LogP contribution in [0.2, 0.25) is 0 Å². The summed E-state index contributed by atoms with van der Waals surface area (Å²) in [4.78, 5) is 11.7. The summed E-state index contributed by atoms with van der Waals surface area (Å²) in [7, 11) is 0. The number of carbonyl (C=O) groups excluding carboxylic acids is 1. The molecule has 0 heterocycles. The first-order valence-electron chi connectivity index (χ1n) is 4.93. The molecule has 0 aromatic carbocycles. The third kappa shape index (κ3) is 0.457. The van der Waals surface area contributed by atoms with Crippen LogP contribution in [0.25, 0.3) is 0 Å². The highest BCUT2D eigenvalue weighted by Gasteiger charge is 2.72. The summed E-state index contributed by atoms with van der Waals surface area (Å²) < 4.78 is 0. The number of rotatable bonds is 0. The zero-order valence-electron chi connectivity index (χ0n) is 7.18. The van der Waals surface area contributed by atoms with Crippen molar-refractivity contribution in [2.24, 2.45) is 10.8 Å². The van der Waals surface area contributed by atoms with Gasteiger partial charge in [-0.3, -0.25) is 4.79 Å². The minimum Gasteiger partial charge on any atom is -0.392 e. The van der Waals surface area contributed by atoms with Crippen molar-refractivity contribution in [2.75, 3.05) is 0 Å². The van der Waals surface area contributed by atoms with Gasteiger partial charge in [0, 0.05) is 17.3 Å². The molecule has 1 N–H and O–H groups in total. The van der Waals surface area contributed by atoms with Crippen LogP contribution in [-0.4, -0.2) is 17.0 Å². The van der Waals surface area contributed by atoms with E-state index in [2.05, 4.69) is 0 Å². The van der Waals surface area contributed by atoms with Gasteiger partial charge in [-0.2, -0.15) is 0 Å². The summed E-state index contributed by atoms with van der Waals surface area (Å²) in [6.45, 7) is 0. The third-order valence-corrected chi connectivity index (χ3v) is 4.69. The number of ketones is 1. The summed E-state index contributed by atoms with van der Waals surface area (Å²) in [6.07, 6.45) is 5.62. The molecule has 3 unspecified atom stereocenters. The fourth-order valence-corrected chi connectivity index (χ4v) is 4.02. The van der Waals surface area contributed by atoms with Crippen LogP contribution in [0.4, 0.5) is 0 Å². The van der Waals surface area contributed by atoms with E-state index >= 15 is 0 Å². The summed E-state index contributed by atoms with van der Waals surface area (Å²) in [5, 5.41) is 9.74. The van der Waals surface area contributed by atoms with Gasteiger partial charge >= 0.3 is 0 Å². The average molecular weight is 166 g/mol. The van der Waals surface area contributed by atoms with Gasteiger partial charge in [-0.15, -0.1) is 0 Å². The van der Waals surface area contributed by atoms with Crippen LogP contribution in [-0.2, 0) is 4.79 Å². The summed E-state index contributed by atoms with van der Waals surface area (Å²) in [5.41, 5.74) is 0.0243. The van der Waals surface area contributed by atoms with Gasteiger partial charge < -0.3 is 5.11 Å². The number of aliphatic hydroxyl groups excluding tert-OH is 1. The first kappa shape index (κ1) is 7.07. The van der Waals surface area contributed by atoms with Gasteiger partial charge in [-0.25, -0.2) is 0 Å².